The van der Waals surface area contributed by atoms with Crippen LogP contribution in [0.2, 0.25) is 0 Å². The Labute approximate surface area is 81.3 Å². The minimum Gasteiger partial charge on any atom is -0.294 e. The van der Waals surface area contributed by atoms with Crippen LogP contribution in [0.25, 0.3) is 0 Å². The molecule has 0 aliphatic carbocycles. The summed E-state index contributed by atoms with van der Waals surface area (Å²) in [5, 5.41) is 2.04. The van der Waals surface area contributed by atoms with Crippen molar-refractivity contribution in [1.82, 2.24) is 0 Å². The van der Waals surface area contributed by atoms with E-state index in [-0.39, 0.29) is 5.78 Å². The van der Waals surface area contributed by atoms with E-state index in [1.807, 2.05) is 5.38 Å². The van der Waals surface area contributed by atoms with Crippen molar-refractivity contribution >= 4 is 44.8 Å². The van der Waals surface area contributed by atoms with Gasteiger partial charge in [0, 0.05) is 22.4 Å². The van der Waals surface area contributed by atoms with Crippen LogP contribution in [0.5, 0.6) is 0 Å². The maximum atomic E-state index is 11.3. The second kappa shape index (κ2) is 2.92. The summed E-state index contributed by atoms with van der Waals surface area (Å²) in [6.45, 7) is 0. The maximum Gasteiger partial charge on any atom is 0.166 e. The van der Waals surface area contributed by atoms with Crippen LogP contribution >= 0.6 is 39.0 Å². The first-order chi connectivity index (χ1) is 5.29. The number of hydrogen-bond acceptors (Lipinski definition) is 3. The van der Waals surface area contributed by atoms with E-state index in [1.165, 1.54) is 0 Å². The highest BCUT2D eigenvalue weighted by Gasteiger charge is 2.21. The zero-order valence-electron chi connectivity index (χ0n) is 5.59. The van der Waals surface area contributed by atoms with Crippen molar-refractivity contribution in [3.8, 4) is 0 Å². The number of hydrogen-bond donors (Lipinski definition) is 0. The highest BCUT2D eigenvalue weighted by molar-refractivity contribution is 9.11. The summed E-state index contributed by atoms with van der Waals surface area (Å²) >= 11 is 6.75. The van der Waals surface area contributed by atoms with E-state index >= 15 is 0 Å². The molecule has 0 amide bonds. The number of rotatable bonds is 0. The predicted octanol–water partition coefficient (Wildman–Crippen LogP) is 3.19. The fourth-order valence-corrected chi connectivity index (χ4v) is 3.92. The predicted molar refractivity (Wildman–Crippen MR) is 51.7 cm³/mol. The molecule has 1 aliphatic heterocycles. The highest BCUT2D eigenvalue weighted by atomic mass is 79.9. The van der Waals surface area contributed by atoms with Gasteiger partial charge in [-0.1, -0.05) is 0 Å². The molecule has 2 rings (SSSR count). The number of halogens is 1. The summed E-state index contributed by atoms with van der Waals surface area (Å²) in [6, 6.07) is 0. The number of fused-ring (bicyclic) bond motifs is 1. The molecule has 0 N–H and O–H groups in total. The Kier molecular flexibility index (Phi) is 2.08. The summed E-state index contributed by atoms with van der Waals surface area (Å²) < 4.78 is 0.990. The van der Waals surface area contributed by atoms with E-state index in [0.717, 1.165) is 20.0 Å². The average Bonchev–Trinajstić information content (AvgIpc) is 2.34. The normalized spacial score (nSPS) is 16.6. The number of Topliss-reactive ketones (excluding diaryl/α,β-unsaturated/α-hetero) is 1. The third-order valence-corrected chi connectivity index (χ3v) is 4.49. The molecule has 0 spiro atoms. The summed E-state index contributed by atoms with van der Waals surface area (Å²) in [5.74, 6) is 1.22. The minimum absolute atomic E-state index is 0.284. The van der Waals surface area contributed by atoms with Gasteiger partial charge in [0.2, 0.25) is 0 Å². The van der Waals surface area contributed by atoms with Crippen LogP contribution < -0.4 is 0 Å². The molecule has 4 heteroatoms. The minimum atomic E-state index is 0.284. The average molecular weight is 249 g/mol. The van der Waals surface area contributed by atoms with Gasteiger partial charge in [-0.2, -0.15) is 0 Å². The molecule has 58 valence electrons. The third kappa shape index (κ3) is 1.27. The molecule has 1 aromatic rings. The van der Waals surface area contributed by atoms with Crippen molar-refractivity contribution in [2.24, 2.45) is 0 Å². The lowest BCUT2D eigenvalue weighted by atomic mass is 10.2. The quantitative estimate of drug-likeness (QED) is 0.702. The molecule has 1 aliphatic rings. The number of carbonyl (C=O) groups excluding carboxylic acids is 1. The molecule has 0 aromatic carbocycles. The molecular weight excluding hydrogens is 244 g/mol. The first kappa shape index (κ1) is 7.83. The van der Waals surface area contributed by atoms with Crippen LogP contribution in [0, 0.1) is 0 Å². The number of ketones is 1. The monoisotopic (exact) mass is 248 g/mol. The van der Waals surface area contributed by atoms with Gasteiger partial charge >= 0.3 is 0 Å². The lowest BCUT2D eigenvalue weighted by Gasteiger charge is -2.08. The van der Waals surface area contributed by atoms with Crippen molar-refractivity contribution in [2.45, 2.75) is 11.3 Å². The van der Waals surface area contributed by atoms with Crippen LogP contribution in [0.4, 0.5) is 0 Å². The van der Waals surface area contributed by atoms with Gasteiger partial charge in [-0.05, 0) is 15.9 Å². The SMILES string of the molecule is O=C1CCSc2csc(Br)c21. The van der Waals surface area contributed by atoms with Crippen LogP contribution in [0.1, 0.15) is 16.8 Å². The van der Waals surface area contributed by atoms with Crippen molar-refractivity contribution in [2.75, 3.05) is 5.75 Å². The second-order valence-electron chi connectivity index (χ2n) is 2.27. The second-order valence-corrected chi connectivity index (χ2v) is 5.60. The molecule has 0 saturated carbocycles. The fraction of sp³-hybridized carbons (Fsp3) is 0.286. The van der Waals surface area contributed by atoms with Crippen molar-refractivity contribution in [3.05, 3.63) is 14.7 Å². The molecule has 1 aromatic heterocycles. The molecule has 0 fully saturated rings. The van der Waals surface area contributed by atoms with Gasteiger partial charge in [0.15, 0.2) is 5.78 Å². The molecule has 11 heavy (non-hydrogen) atoms. The largest absolute Gasteiger partial charge is 0.294 e. The molecule has 2 heterocycles. The van der Waals surface area contributed by atoms with Crippen LogP contribution in [0.3, 0.4) is 0 Å². The lowest BCUT2D eigenvalue weighted by molar-refractivity contribution is 0.0984. The topological polar surface area (TPSA) is 17.1 Å². The summed E-state index contributed by atoms with van der Waals surface area (Å²) in [6.07, 6.45) is 0.688. The molecular formula is C7H5BrOS2. The summed E-state index contributed by atoms with van der Waals surface area (Å²) in [5.41, 5.74) is 0.909. The Hall–Kier alpha value is 0.200. The van der Waals surface area contributed by atoms with Gasteiger partial charge in [0.25, 0.3) is 0 Å². The van der Waals surface area contributed by atoms with Crippen LogP contribution in [-0.2, 0) is 0 Å². The van der Waals surface area contributed by atoms with E-state index in [9.17, 15) is 4.79 Å². The zero-order valence-corrected chi connectivity index (χ0v) is 8.81. The highest BCUT2D eigenvalue weighted by Crippen LogP contribution is 2.38. The van der Waals surface area contributed by atoms with E-state index < -0.39 is 0 Å². The summed E-state index contributed by atoms with van der Waals surface area (Å²) in [7, 11) is 0. The fourth-order valence-electron chi connectivity index (χ4n) is 1.05. The van der Waals surface area contributed by atoms with Crippen molar-refractivity contribution in [1.29, 1.82) is 0 Å². The number of thiophene rings is 1. The Morgan fingerprint density at radius 2 is 2.36 bits per heavy atom. The van der Waals surface area contributed by atoms with E-state index in [0.29, 0.717) is 6.42 Å². The Balaban J connectivity index is 2.56. The molecule has 0 unspecified atom stereocenters. The van der Waals surface area contributed by atoms with Crippen molar-refractivity contribution in [3.63, 3.8) is 0 Å². The lowest BCUT2D eigenvalue weighted by Crippen LogP contribution is -2.05. The maximum absolute atomic E-state index is 11.3. The van der Waals surface area contributed by atoms with Gasteiger partial charge < -0.3 is 0 Å². The van der Waals surface area contributed by atoms with Gasteiger partial charge in [-0.25, -0.2) is 0 Å². The van der Waals surface area contributed by atoms with Gasteiger partial charge in [-0.3, -0.25) is 4.79 Å². The smallest absolute Gasteiger partial charge is 0.166 e. The summed E-state index contributed by atoms with van der Waals surface area (Å²) in [4.78, 5) is 12.5. The van der Waals surface area contributed by atoms with Gasteiger partial charge in [-0.15, -0.1) is 23.1 Å². The number of carbonyl (C=O) groups is 1. The van der Waals surface area contributed by atoms with Crippen LogP contribution in [-0.4, -0.2) is 11.5 Å². The van der Waals surface area contributed by atoms with Crippen molar-refractivity contribution < 1.29 is 4.79 Å². The first-order valence-electron chi connectivity index (χ1n) is 3.22. The molecule has 1 nitrogen and oxygen atoms in total. The standard InChI is InChI=1S/C7H5BrOS2/c8-7-6-4(9)1-2-10-5(6)3-11-7/h3H,1-2H2. The Bertz CT molecular complexity index is 305. The molecule has 0 bridgehead atoms. The first-order valence-corrected chi connectivity index (χ1v) is 5.88. The Morgan fingerprint density at radius 3 is 3.09 bits per heavy atom. The van der Waals surface area contributed by atoms with Crippen LogP contribution in [0.15, 0.2) is 14.1 Å². The zero-order chi connectivity index (χ0) is 7.84. The molecule has 0 radical (unpaired) electrons. The van der Waals surface area contributed by atoms with Gasteiger partial charge in [0.1, 0.15) is 0 Å². The molecule has 0 saturated heterocycles. The van der Waals surface area contributed by atoms with E-state index in [2.05, 4.69) is 15.9 Å². The van der Waals surface area contributed by atoms with Gasteiger partial charge in [0.05, 0.1) is 9.35 Å². The van der Waals surface area contributed by atoms with E-state index in [1.54, 1.807) is 23.1 Å². The molecule has 0 atom stereocenters. The Morgan fingerprint density at radius 1 is 1.55 bits per heavy atom. The third-order valence-electron chi connectivity index (χ3n) is 1.58. The number of thioether (sulfide) groups is 1. The van der Waals surface area contributed by atoms with E-state index in [4.69, 9.17) is 0 Å².